The molecule has 0 atom stereocenters. The number of rotatable bonds is 7. The third kappa shape index (κ3) is 4.85. The summed E-state index contributed by atoms with van der Waals surface area (Å²) in [6.07, 6.45) is 0.260. The molecule has 4 aromatic heterocycles. The first-order valence-electron chi connectivity index (χ1n) is 18.7. The Morgan fingerprint density at radius 3 is 2.02 bits per heavy atom. The molecule has 0 saturated carbocycles. The highest BCUT2D eigenvalue weighted by molar-refractivity contribution is 6.12. The second-order valence-electron chi connectivity index (χ2n) is 12.5. The molecule has 5 nitrogen and oxygen atoms in total. The van der Waals surface area contributed by atoms with Gasteiger partial charge < -0.3 is 9.30 Å². The lowest BCUT2D eigenvalue weighted by molar-refractivity contribution is 0.483. The molecule has 0 spiro atoms. The van der Waals surface area contributed by atoms with Crippen LogP contribution >= 0.6 is 0 Å². The van der Waals surface area contributed by atoms with E-state index in [4.69, 9.17) is 15.2 Å². The van der Waals surface area contributed by atoms with Crippen molar-refractivity contribution in [1.29, 1.82) is 0 Å². The van der Waals surface area contributed by atoms with Crippen molar-refractivity contribution in [3.05, 3.63) is 156 Å². The lowest BCUT2D eigenvalue weighted by Gasteiger charge is -2.15. The molecule has 0 unspecified atom stereocenters. The van der Waals surface area contributed by atoms with Gasteiger partial charge in [-0.05, 0) is 84.9 Å². The molecule has 5 aromatic carbocycles. The highest BCUT2D eigenvalue weighted by Crippen LogP contribution is 2.39. The van der Waals surface area contributed by atoms with E-state index in [1.807, 2.05) is 114 Å². The largest absolute Gasteiger partial charge is 0.457 e. The first kappa shape index (κ1) is 25.8. The van der Waals surface area contributed by atoms with Crippen LogP contribution in [0.1, 0.15) is 36.0 Å². The van der Waals surface area contributed by atoms with Crippen molar-refractivity contribution >= 4 is 43.6 Å². The normalized spacial score (nSPS) is 13.4. The zero-order chi connectivity index (χ0) is 37.4. The molecule has 5 heteroatoms. The van der Waals surface area contributed by atoms with Gasteiger partial charge in [0, 0.05) is 57.1 Å². The molecular formula is C45H36N4O. The van der Waals surface area contributed by atoms with Crippen molar-refractivity contribution in [2.45, 2.75) is 33.5 Å². The average molecular weight is 653 g/mol. The van der Waals surface area contributed by atoms with Crippen LogP contribution in [-0.4, -0.2) is 19.1 Å². The topological polar surface area (TPSA) is 44.9 Å². The first-order valence-corrected chi connectivity index (χ1v) is 16.7. The van der Waals surface area contributed by atoms with Crippen LogP contribution in [0.2, 0.25) is 0 Å². The van der Waals surface area contributed by atoms with Gasteiger partial charge in [-0.2, -0.15) is 0 Å². The van der Waals surface area contributed by atoms with Gasteiger partial charge in [0.05, 0.1) is 33.4 Å². The summed E-state index contributed by atoms with van der Waals surface area (Å²) < 4.78 is 45.9. The molecule has 0 fully saturated rings. The van der Waals surface area contributed by atoms with Crippen molar-refractivity contribution < 1.29 is 10.2 Å². The second-order valence-corrected chi connectivity index (χ2v) is 12.5. The van der Waals surface area contributed by atoms with E-state index in [9.17, 15) is 0 Å². The van der Waals surface area contributed by atoms with Gasteiger partial charge in [-0.1, -0.05) is 80.6 Å². The Morgan fingerprint density at radius 2 is 1.26 bits per heavy atom. The maximum absolute atomic E-state index is 8.81. The van der Waals surface area contributed by atoms with Gasteiger partial charge in [-0.15, -0.1) is 0 Å². The summed E-state index contributed by atoms with van der Waals surface area (Å²) in [6.45, 7) is 5.18. The second kappa shape index (κ2) is 12.0. The van der Waals surface area contributed by atoms with E-state index in [1.54, 1.807) is 20.0 Å². The lowest BCUT2D eigenvalue weighted by atomic mass is 10.1. The van der Waals surface area contributed by atoms with Crippen molar-refractivity contribution in [2.75, 3.05) is 0 Å². The highest BCUT2D eigenvalue weighted by atomic mass is 16.5. The van der Waals surface area contributed by atoms with Gasteiger partial charge in [-0.25, -0.2) is 4.98 Å². The number of hydrogen-bond donors (Lipinski definition) is 0. The van der Waals surface area contributed by atoms with E-state index >= 15 is 0 Å². The fourth-order valence-corrected chi connectivity index (χ4v) is 7.26. The van der Waals surface area contributed by atoms with E-state index < -0.39 is 12.7 Å². The average Bonchev–Trinajstić information content (AvgIpc) is 3.67. The summed E-state index contributed by atoms with van der Waals surface area (Å²) in [4.78, 5) is 9.47. The fourth-order valence-electron chi connectivity index (χ4n) is 7.26. The summed E-state index contributed by atoms with van der Waals surface area (Å²) in [5.74, 6) is 2.03. The quantitative estimate of drug-likeness (QED) is 0.172. The third-order valence-corrected chi connectivity index (χ3v) is 9.49. The number of hydrogen-bond acceptors (Lipinski definition) is 3. The number of nitrogens with zero attached hydrogens (tertiary/aromatic N) is 4. The molecule has 0 radical (unpaired) electrons. The molecule has 9 aromatic rings. The van der Waals surface area contributed by atoms with Crippen LogP contribution < -0.4 is 4.74 Å². The Balaban J connectivity index is 1.24. The molecular weight excluding hydrogens is 613 g/mol. The zero-order valence-electron chi connectivity index (χ0n) is 32.0. The SMILES string of the molecule is [2H]C([2H])(C)c1cccc2c3cccc(C([2H])([2H])C)c3n(-c3ccnc(-n4c5ccccc5c5ccc(Oc6cccc(-c7cc(C)ccn7)c6)cc54)c3)c12. The number of aryl methyl sites for hydroxylation is 3. The van der Waals surface area contributed by atoms with Gasteiger partial charge in [0.1, 0.15) is 17.3 Å². The Bertz CT molecular complexity index is 2840. The number of benzene rings is 5. The predicted molar refractivity (Wildman–Crippen MR) is 206 cm³/mol. The monoisotopic (exact) mass is 652 g/mol. The summed E-state index contributed by atoms with van der Waals surface area (Å²) in [5, 5.41) is 3.83. The molecule has 0 saturated heterocycles. The summed E-state index contributed by atoms with van der Waals surface area (Å²) in [5.41, 5.74) is 8.08. The molecule has 0 aliphatic heterocycles. The Morgan fingerprint density at radius 1 is 0.580 bits per heavy atom. The van der Waals surface area contributed by atoms with Crippen LogP contribution in [0, 0.1) is 6.92 Å². The number of para-hydroxylation sites is 3. The van der Waals surface area contributed by atoms with Crippen molar-refractivity contribution in [1.82, 2.24) is 19.1 Å². The summed E-state index contributed by atoms with van der Waals surface area (Å²) >= 11 is 0. The molecule has 50 heavy (non-hydrogen) atoms. The number of aromatic nitrogens is 4. The van der Waals surface area contributed by atoms with Gasteiger partial charge in [-0.3, -0.25) is 9.55 Å². The summed E-state index contributed by atoms with van der Waals surface area (Å²) in [6, 6.07) is 41.6. The molecule has 0 amide bonds. The number of pyridine rings is 2. The highest BCUT2D eigenvalue weighted by Gasteiger charge is 2.19. The van der Waals surface area contributed by atoms with Crippen LogP contribution in [0.25, 0.3) is 66.4 Å². The lowest BCUT2D eigenvalue weighted by Crippen LogP contribution is -2.03. The minimum atomic E-state index is -1.66. The maximum Gasteiger partial charge on any atom is 0.139 e. The third-order valence-electron chi connectivity index (χ3n) is 9.49. The molecule has 4 heterocycles. The van der Waals surface area contributed by atoms with Gasteiger partial charge in [0.25, 0.3) is 0 Å². The maximum atomic E-state index is 8.81. The van der Waals surface area contributed by atoms with E-state index in [2.05, 4.69) is 40.7 Å². The van der Waals surface area contributed by atoms with Crippen molar-refractivity contribution in [2.24, 2.45) is 0 Å². The van der Waals surface area contributed by atoms with E-state index in [0.717, 1.165) is 55.1 Å². The van der Waals surface area contributed by atoms with Crippen LogP contribution in [0.5, 0.6) is 11.5 Å². The van der Waals surface area contributed by atoms with E-state index in [0.29, 0.717) is 39.5 Å². The van der Waals surface area contributed by atoms with Crippen LogP contribution in [-0.2, 0) is 12.7 Å². The minimum absolute atomic E-state index is 0.526. The molecule has 9 rings (SSSR count). The smallest absolute Gasteiger partial charge is 0.139 e. The fraction of sp³-hybridized carbons (Fsp3) is 0.111. The van der Waals surface area contributed by atoms with Crippen LogP contribution in [0.4, 0.5) is 0 Å². The van der Waals surface area contributed by atoms with Gasteiger partial charge in [0.15, 0.2) is 0 Å². The molecule has 0 aliphatic carbocycles. The zero-order valence-corrected chi connectivity index (χ0v) is 28.0. The van der Waals surface area contributed by atoms with Gasteiger partial charge >= 0.3 is 0 Å². The molecule has 0 N–H and O–H groups in total. The minimum Gasteiger partial charge on any atom is -0.457 e. The Hall–Kier alpha value is -6.20. The Labute approximate surface area is 296 Å². The van der Waals surface area contributed by atoms with E-state index in [1.165, 1.54) is 0 Å². The van der Waals surface area contributed by atoms with E-state index in [-0.39, 0.29) is 0 Å². The van der Waals surface area contributed by atoms with Crippen molar-refractivity contribution in [3.8, 4) is 34.3 Å². The van der Waals surface area contributed by atoms with Crippen molar-refractivity contribution in [3.63, 3.8) is 0 Å². The van der Waals surface area contributed by atoms with Crippen LogP contribution in [0.3, 0.4) is 0 Å². The first-order chi connectivity index (χ1) is 26.0. The number of ether oxygens (including phenoxy) is 1. The number of fused-ring (bicyclic) bond motifs is 6. The van der Waals surface area contributed by atoms with Gasteiger partial charge in [0.2, 0.25) is 0 Å². The van der Waals surface area contributed by atoms with Crippen LogP contribution in [0.15, 0.2) is 140 Å². The molecule has 0 bridgehead atoms. The predicted octanol–water partition coefficient (Wildman–Crippen LogP) is 11.6. The molecule has 242 valence electrons. The summed E-state index contributed by atoms with van der Waals surface area (Å²) in [7, 11) is 0. The Kier molecular flexibility index (Phi) is 6.21. The molecule has 0 aliphatic rings. The standard InChI is InChI=1S/C45H36N4O/c1-4-30-11-9-16-38-39-17-10-12-31(5-2)45(39)48(44(30)38)33-22-24-47-43(27-33)49-41-18-7-6-15-36(41)37-20-19-35(28-42(37)49)50-34-14-8-13-32(26-34)40-25-29(3)21-23-46-40/h6-28H,4-5H2,1-3H3/i4D2,5D2.